The van der Waals surface area contributed by atoms with Gasteiger partial charge in [-0.25, -0.2) is 8.42 Å². The van der Waals surface area contributed by atoms with E-state index >= 15 is 0 Å². The summed E-state index contributed by atoms with van der Waals surface area (Å²) in [6.45, 7) is 3.42. The van der Waals surface area contributed by atoms with Gasteiger partial charge in [-0.1, -0.05) is 79.7 Å². The minimum absolute atomic E-state index is 0.0760. The van der Waals surface area contributed by atoms with E-state index in [4.69, 9.17) is 0 Å². The van der Waals surface area contributed by atoms with Gasteiger partial charge in [-0.15, -0.1) is 0 Å². The van der Waals surface area contributed by atoms with Gasteiger partial charge < -0.3 is 10.6 Å². The molecular weight excluding hydrogens is 510 g/mol. The lowest BCUT2D eigenvalue weighted by Crippen LogP contribution is -2.38. The highest BCUT2D eigenvalue weighted by Crippen LogP contribution is 2.25. The lowest BCUT2D eigenvalue weighted by Gasteiger charge is -2.24. The minimum Gasteiger partial charge on any atom is -0.345 e. The Morgan fingerprint density at radius 3 is 2.03 bits per heavy atom. The van der Waals surface area contributed by atoms with Crippen LogP contribution >= 0.6 is 0 Å². The van der Waals surface area contributed by atoms with Crippen LogP contribution in [0, 0.1) is 0 Å². The molecule has 0 saturated carbocycles. The molecule has 0 aliphatic carbocycles. The van der Waals surface area contributed by atoms with Gasteiger partial charge in [-0.05, 0) is 60.9 Å². The van der Waals surface area contributed by atoms with Crippen molar-refractivity contribution in [2.24, 2.45) is 0 Å². The number of hydrogen-bond acceptors (Lipinski definition) is 4. The molecular formula is C31H31N3O4S. The Morgan fingerprint density at radius 2 is 1.38 bits per heavy atom. The van der Waals surface area contributed by atoms with Gasteiger partial charge in [0.2, 0.25) is 5.91 Å². The fourth-order valence-corrected chi connectivity index (χ4v) is 5.58. The van der Waals surface area contributed by atoms with Gasteiger partial charge in [0, 0.05) is 0 Å². The number of para-hydroxylation sites is 1. The quantitative estimate of drug-likeness (QED) is 0.274. The van der Waals surface area contributed by atoms with E-state index in [9.17, 15) is 18.0 Å². The molecule has 0 bridgehead atoms. The average molecular weight is 542 g/mol. The number of rotatable bonds is 10. The Balaban J connectivity index is 1.57. The third-order valence-corrected chi connectivity index (χ3v) is 8.13. The first-order valence-corrected chi connectivity index (χ1v) is 14.1. The molecule has 39 heavy (non-hydrogen) atoms. The highest BCUT2D eigenvalue weighted by atomic mass is 32.2. The molecule has 0 fully saturated rings. The Bertz CT molecular complexity index is 1520. The number of carbonyl (C=O) groups is 2. The lowest BCUT2D eigenvalue weighted by molar-refractivity contribution is -0.114. The van der Waals surface area contributed by atoms with Crippen LogP contribution in [0.25, 0.3) is 0 Å². The SMILES string of the molecule is CCc1ccc(N(CC(=O)Nc2ccccc2C(=O)N[C@H](C)c2ccccc2)S(=O)(=O)c2ccccc2)cc1. The fraction of sp³-hybridized carbons (Fsp3) is 0.161. The second-order valence-electron chi connectivity index (χ2n) is 9.04. The molecule has 2 amide bonds. The molecule has 0 aliphatic rings. The van der Waals surface area contributed by atoms with Crippen LogP contribution in [0.4, 0.5) is 11.4 Å². The van der Waals surface area contributed by atoms with Crippen LogP contribution in [0.3, 0.4) is 0 Å². The fourth-order valence-electron chi connectivity index (χ4n) is 4.14. The van der Waals surface area contributed by atoms with Crippen molar-refractivity contribution < 1.29 is 18.0 Å². The summed E-state index contributed by atoms with van der Waals surface area (Å²) < 4.78 is 28.3. The van der Waals surface area contributed by atoms with Gasteiger partial charge in [0.15, 0.2) is 0 Å². The summed E-state index contributed by atoms with van der Waals surface area (Å²) in [6.07, 6.45) is 0.800. The number of nitrogens with zero attached hydrogens (tertiary/aromatic N) is 1. The number of hydrogen-bond donors (Lipinski definition) is 2. The van der Waals surface area contributed by atoms with Crippen LogP contribution in [0.5, 0.6) is 0 Å². The van der Waals surface area contributed by atoms with E-state index in [0.717, 1.165) is 21.9 Å². The van der Waals surface area contributed by atoms with E-state index in [1.807, 2.05) is 56.3 Å². The summed E-state index contributed by atoms with van der Waals surface area (Å²) in [4.78, 5) is 26.5. The number of nitrogens with one attached hydrogen (secondary N) is 2. The van der Waals surface area contributed by atoms with Crippen LogP contribution < -0.4 is 14.9 Å². The first-order valence-electron chi connectivity index (χ1n) is 12.7. The van der Waals surface area contributed by atoms with Crippen molar-refractivity contribution in [2.75, 3.05) is 16.2 Å². The number of anilines is 2. The van der Waals surface area contributed by atoms with Crippen LogP contribution in [0.2, 0.25) is 0 Å². The standard InChI is InChI=1S/C31H31N3O4S/c1-3-24-18-20-26(21-19-24)34(39(37,38)27-14-8-5-9-15-27)22-30(35)33-29-17-11-10-16-28(29)31(36)32-23(2)25-12-6-4-7-13-25/h4-21,23H,3,22H2,1-2H3,(H,32,36)(H,33,35)/t23-/m1/s1. The van der Waals surface area contributed by atoms with Crippen LogP contribution in [-0.2, 0) is 21.2 Å². The third-order valence-electron chi connectivity index (χ3n) is 6.34. The van der Waals surface area contributed by atoms with Gasteiger partial charge in [-0.3, -0.25) is 13.9 Å². The molecule has 0 heterocycles. The van der Waals surface area contributed by atoms with E-state index in [-0.39, 0.29) is 22.4 Å². The van der Waals surface area contributed by atoms with Crippen molar-refractivity contribution in [1.29, 1.82) is 0 Å². The molecule has 200 valence electrons. The number of amides is 2. The summed E-state index contributed by atoms with van der Waals surface area (Å²) in [6, 6.07) is 31.0. The van der Waals surface area contributed by atoms with Gasteiger partial charge in [0.25, 0.3) is 15.9 Å². The predicted octanol–water partition coefficient (Wildman–Crippen LogP) is 5.57. The molecule has 0 saturated heterocycles. The molecule has 0 unspecified atom stereocenters. The number of aryl methyl sites for hydroxylation is 1. The van der Waals surface area contributed by atoms with Crippen LogP contribution in [0.15, 0.2) is 114 Å². The molecule has 0 aliphatic heterocycles. The Morgan fingerprint density at radius 1 is 0.795 bits per heavy atom. The monoisotopic (exact) mass is 541 g/mol. The molecule has 7 nitrogen and oxygen atoms in total. The zero-order valence-electron chi connectivity index (χ0n) is 21.9. The average Bonchev–Trinajstić information content (AvgIpc) is 2.97. The first-order chi connectivity index (χ1) is 18.8. The largest absolute Gasteiger partial charge is 0.345 e. The van der Waals surface area contributed by atoms with Gasteiger partial charge in [-0.2, -0.15) is 0 Å². The minimum atomic E-state index is -4.04. The topological polar surface area (TPSA) is 95.6 Å². The number of carbonyl (C=O) groups excluding carboxylic acids is 2. The summed E-state index contributed by atoms with van der Waals surface area (Å²) in [7, 11) is -4.04. The summed E-state index contributed by atoms with van der Waals surface area (Å²) in [5.41, 5.74) is 2.93. The van der Waals surface area contributed by atoms with E-state index < -0.39 is 22.5 Å². The number of sulfonamides is 1. The molecule has 0 spiro atoms. The number of benzene rings is 4. The second kappa shape index (κ2) is 12.4. The molecule has 4 rings (SSSR count). The van der Waals surface area contributed by atoms with Crippen molar-refractivity contribution in [1.82, 2.24) is 5.32 Å². The van der Waals surface area contributed by atoms with Gasteiger partial charge in [0.1, 0.15) is 6.54 Å². The maximum Gasteiger partial charge on any atom is 0.264 e. The molecule has 0 radical (unpaired) electrons. The van der Waals surface area contributed by atoms with E-state index in [1.54, 1.807) is 54.6 Å². The lowest BCUT2D eigenvalue weighted by atomic mass is 10.1. The smallest absolute Gasteiger partial charge is 0.264 e. The molecule has 1 atom stereocenters. The van der Waals surface area contributed by atoms with Crippen molar-refractivity contribution in [2.45, 2.75) is 31.2 Å². The van der Waals surface area contributed by atoms with E-state index in [2.05, 4.69) is 10.6 Å². The van der Waals surface area contributed by atoms with Crippen molar-refractivity contribution in [3.05, 3.63) is 126 Å². The normalized spacial score (nSPS) is 11.8. The first kappa shape index (κ1) is 27.6. The van der Waals surface area contributed by atoms with Crippen molar-refractivity contribution in [3.63, 3.8) is 0 Å². The van der Waals surface area contributed by atoms with Crippen molar-refractivity contribution >= 4 is 33.2 Å². The van der Waals surface area contributed by atoms with Crippen molar-refractivity contribution in [3.8, 4) is 0 Å². The molecule has 0 aromatic heterocycles. The predicted molar refractivity (Wildman–Crippen MR) is 154 cm³/mol. The second-order valence-corrected chi connectivity index (χ2v) is 10.9. The van der Waals surface area contributed by atoms with Gasteiger partial charge >= 0.3 is 0 Å². The Labute approximate surface area is 229 Å². The Hall–Kier alpha value is -4.43. The van der Waals surface area contributed by atoms with Crippen LogP contribution in [0.1, 0.15) is 41.4 Å². The maximum absolute atomic E-state index is 13.6. The zero-order valence-corrected chi connectivity index (χ0v) is 22.7. The Kier molecular flexibility index (Phi) is 8.78. The summed E-state index contributed by atoms with van der Waals surface area (Å²) in [5.74, 6) is -0.934. The van der Waals surface area contributed by atoms with E-state index in [0.29, 0.717) is 11.4 Å². The molecule has 4 aromatic rings. The summed E-state index contributed by atoms with van der Waals surface area (Å²) in [5, 5.41) is 5.70. The van der Waals surface area contributed by atoms with Crippen LogP contribution in [-0.4, -0.2) is 26.8 Å². The van der Waals surface area contributed by atoms with Gasteiger partial charge in [0.05, 0.1) is 27.9 Å². The third kappa shape index (κ3) is 6.72. The zero-order chi connectivity index (χ0) is 27.8. The maximum atomic E-state index is 13.6. The highest BCUT2D eigenvalue weighted by molar-refractivity contribution is 7.92. The molecule has 2 N–H and O–H groups in total. The highest BCUT2D eigenvalue weighted by Gasteiger charge is 2.27. The molecule has 4 aromatic carbocycles. The van der Waals surface area contributed by atoms with E-state index in [1.165, 1.54) is 12.1 Å². The summed E-state index contributed by atoms with van der Waals surface area (Å²) >= 11 is 0. The molecule has 8 heteroatoms.